The average molecular weight is 275 g/mol. The minimum atomic E-state index is -0.406. The van der Waals surface area contributed by atoms with Crippen molar-refractivity contribution in [2.75, 3.05) is 18.5 Å². The Labute approximate surface area is 118 Å². The molecule has 20 heavy (non-hydrogen) atoms. The fourth-order valence-electron chi connectivity index (χ4n) is 1.86. The molecule has 0 atom stereocenters. The maximum atomic E-state index is 13.9. The zero-order valence-electron chi connectivity index (χ0n) is 11.9. The van der Waals surface area contributed by atoms with Crippen molar-refractivity contribution in [3.63, 3.8) is 0 Å². The third-order valence-electron chi connectivity index (χ3n) is 2.76. The highest BCUT2D eigenvalue weighted by Crippen LogP contribution is 2.24. The Balaban J connectivity index is 2.44. The topological polar surface area (TPSA) is 47.0 Å². The zero-order chi connectivity index (χ0) is 14.5. The van der Waals surface area contributed by atoms with Gasteiger partial charge in [0, 0.05) is 12.1 Å². The van der Waals surface area contributed by atoms with E-state index in [0.29, 0.717) is 24.7 Å². The van der Waals surface area contributed by atoms with E-state index in [4.69, 9.17) is 4.74 Å². The van der Waals surface area contributed by atoms with E-state index in [2.05, 4.69) is 15.3 Å². The Morgan fingerprint density at radius 3 is 2.75 bits per heavy atom. The number of ether oxygens (including phenoxy) is 1. The van der Waals surface area contributed by atoms with E-state index in [1.807, 2.05) is 38.1 Å². The van der Waals surface area contributed by atoms with Gasteiger partial charge in [-0.1, -0.05) is 12.1 Å². The Kier molecular flexibility index (Phi) is 4.50. The molecule has 0 saturated heterocycles. The molecule has 1 N–H and O–H groups in total. The molecular formula is C15H18FN3O. The average Bonchev–Trinajstić information content (AvgIpc) is 2.44. The van der Waals surface area contributed by atoms with Crippen LogP contribution in [0.4, 0.5) is 10.2 Å². The van der Waals surface area contributed by atoms with Gasteiger partial charge in [0.15, 0.2) is 17.5 Å². The van der Waals surface area contributed by atoms with E-state index < -0.39 is 5.82 Å². The number of nitrogens with zero attached hydrogens (tertiary/aromatic N) is 2. The summed E-state index contributed by atoms with van der Waals surface area (Å²) in [6, 6.07) is 7.47. The fraction of sp³-hybridized carbons (Fsp3) is 0.333. The van der Waals surface area contributed by atoms with Gasteiger partial charge in [0.2, 0.25) is 0 Å². The maximum absolute atomic E-state index is 13.9. The highest BCUT2D eigenvalue weighted by Gasteiger charge is 2.12. The van der Waals surface area contributed by atoms with Crippen molar-refractivity contribution in [2.24, 2.45) is 0 Å². The van der Waals surface area contributed by atoms with Crippen LogP contribution in [0.15, 0.2) is 24.3 Å². The van der Waals surface area contributed by atoms with Crippen LogP contribution in [0.2, 0.25) is 0 Å². The van der Waals surface area contributed by atoms with Crippen molar-refractivity contribution in [1.82, 2.24) is 9.97 Å². The number of anilines is 1. The summed E-state index contributed by atoms with van der Waals surface area (Å²) in [6.07, 6.45) is 0. The minimum absolute atomic E-state index is 0.233. The molecule has 1 heterocycles. The lowest BCUT2D eigenvalue weighted by Gasteiger charge is -2.10. The summed E-state index contributed by atoms with van der Waals surface area (Å²) in [7, 11) is 0. The normalized spacial score (nSPS) is 10.4. The van der Waals surface area contributed by atoms with Gasteiger partial charge in [0.25, 0.3) is 0 Å². The molecule has 0 unspecified atom stereocenters. The first-order chi connectivity index (χ1) is 9.65. The molecule has 0 aliphatic heterocycles. The van der Waals surface area contributed by atoms with Crippen LogP contribution in [0.1, 0.15) is 19.5 Å². The van der Waals surface area contributed by atoms with Gasteiger partial charge < -0.3 is 10.1 Å². The monoisotopic (exact) mass is 275 g/mol. The second kappa shape index (κ2) is 6.32. The number of benzene rings is 1. The number of aryl methyl sites for hydroxylation is 1. The number of hydrogen-bond donors (Lipinski definition) is 1. The van der Waals surface area contributed by atoms with Crippen LogP contribution in [0.3, 0.4) is 0 Å². The standard InChI is InChI=1S/C15H18FN3O/c1-4-17-15-13(16)10(3)18-14(19-15)11-7-6-8-12(9-11)20-5-2/h6-9H,4-5H2,1-3H3,(H,17,18,19). The van der Waals surface area contributed by atoms with Gasteiger partial charge in [-0.25, -0.2) is 14.4 Å². The van der Waals surface area contributed by atoms with Gasteiger partial charge >= 0.3 is 0 Å². The molecule has 0 saturated carbocycles. The summed E-state index contributed by atoms with van der Waals surface area (Å²) in [6.45, 7) is 6.65. The first kappa shape index (κ1) is 14.2. The van der Waals surface area contributed by atoms with Crippen LogP contribution < -0.4 is 10.1 Å². The second-order valence-corrected chi connectivity index (χ2v) is 4.29. The molecule has 1 aromatic heterocycles. The molecule has 2 aromatic rings. The lowest BCUT2D eigenvalue weighted by Crippen LogP contribution is -2.06. The van der Waals surface area contributed by atoms with Crippen LogP contribution in [-0.2, 0) is 0 Å². The van der Waals surface area contributed by atoms with Gasteiger partial charge in [-0.2, -0.15) is 0 Å². The van der Waals surface area contributed by atoms with Gasteiger partial charge in [0.05, 0.1) is 12.3 Å². The summed E-state index contributed by atoms with van der Waals surface area (Å²) in [5.74, 6) is 1.07. The first-order valence-electron chi connectivity index (χ1n) is 6.67. The summed E-state index contributed by atoms with van der Waals surface area (Å²) in [4.78, 5) is 8.45. The molecule has 0 aliphatic rings. The predicted octanol–water partition coefficient (Wildman–Crippen LogP) is 3.42. The third kappa shape index (κ3) is 3.04. The van der Waals surface area contributed by atoms with Crippen LogP contribution >= 0.6 is 0 Å². The van der Waals surface area contributed by atoms with Crippen molar-refractivity contribution in [3.8, 4) is 17.1 Å². The molecule has 0 fully saturated rings. The van der Waals surface area contributed by atoms with Crippen molar-refractivity contribution < 1.29 is 9.13 Å². The van der Waals surface area contributed by atoms with Crippen molar-refractivity contribution in [3.05, 3.63) is 35.8 Å². The zero-order valence-corrected chi connectivity index (χ0v) is 11.9. The predicted molar refractivity (Wildman–Crippen MR) is 77.5 cm³/mol. The largest absolute Gasteiger partial charge is 0.494 e. The molecule has 0 spiro atoms. The molecule has 0 amide bonds. The van der Waals surface area contributed by atoms with Gasteiger partial charge in [0.1, 0.15) is 5.75 Å². The van der Waals surface area contributed by atoms with Crippen LogP contribution in [0, 0.1) is 12.7 Å². The third-order valence-corrected chi connectivity index (χ3v) is 2.76. The van der Waals surface area contributed by atoms with Crippen LogP contribution in [0.5, 0.6) is 5.75 Å². The highest BCUT2D eigenvalue weighted by atomic mass is 19.1. The molecule has 0 bridgehead atoms. The van der Waals surface area contributed by atoms with Crippen LogP contribution in [0.25, 0.3) is 11.4 Å². The molecule has 4 nitrogen and oxygen atoms in total. The Hall–Kier alpha value is -2.17. The number of rotatable bonds is 5. The molecule has 5 heteroatoms. The van der Waals surface area contributed by atoms with E-state index in [1.54, 1.807) is 6.92 Å². The lowest BCUT2D eigenvalue weighted by atomic mass is 10.2. The number of halogens is 1. The first-order valence-corrected chi connectivity index (χ1v) is 6.67. The summed E-state index contributed by atoms with van der Waals surface area (Å²) in [5, 5.41) is 2.91. The van der Waals surface area contributed by atoms with Gasteiger partial charge in [-0.05, 0) is 32.9 Å². The number of hydrogen-bond acceptors (Lipinski definition) is 4. The molecule has 106 valence electrons. The molecule has 2 rings (SSSR count). The van der Waals surface area contributed by atoms with Gasteiger partial charge in [-0.3, -0.25) is 0 Å². The fourth-order valence-corrected chi connectivity index (χ4v) is 1.86. The quantitative estimate of drug-likeness (QED) is 0.908. The van der Waals surface area contributed by atoms with E-state index in [1.165, 1.54) is 0 Å². The highest BCUT2D eigenvalue weighted by molar-refractivity contribution is 5.60. The lowest BCUT2D eigenvalue weighted by molar-refractivity contribution is 0.340. The Bertz CT molecular complexity index is 602. The minimum Gasteiger partial charge on any atom is -0.494 e. The molecule has 1 aromatic carbocycles. The van der Waals surface area contributed by atoms with E-state index in [-0.39, 0.29) is 5.82 Å². The summed E-state index contributed by atoms with van der Waals surface area (Å²) < 4.78 is 19.3. The van der Waals surface area contributed by atoms with E-state index >= 15 is 0 Å². The maximum Gasteiger partial charge on any atom is 0.186 e. The summed E-state index contributed by atoms with van der Waals surface area (Å²) >= 11 is 0. The van der Waals surface area contributed by atoms with Crippen molar-refractivity contribution >= 4 is 5.82 Å². The Morgan fingerprint density at radius 1 is 1.25 bits per heavy atom. The van der Waals surface area contributed by atoms with E-state index in [0.717, 1.165) is 11.3 Å². The second-order valence-electron chi connectivity index (χ2n) is 4.29. The number of aromatic nitrogens is 2. The smallest absolute Gasteiger partial charge is 0.186 e. The van der Waals surface area contributed by atoms with Gasteiger partial charge in [-0.15, -0.1) is 0 Å². The van der Waals surface area contributed by atoms with E-state index in [9.17, 15) is 4.39 Å². The molecule has 0 aliphatic carbocycles. The van der Waals surface area contributed by atoms with Crippen molar-refractivity contribution in [1.29, 1.82) is 0 Å². The SMILES string of the molecule is CCNc1nc(-c2cccc(OCC)c2)nc(C)c1F. The molecule has 0 radical (unpaired) electrons. The van der Waals surface area contributed by atoms with Crippen molar-refractivity contribution in [2.45, 2.75) is 20.8 Å². The summed E-state index contributed by atoms with van der Waals surface area (Å²) in [5.41, 5.74) is 1.13. The molecular weight excluding hydrogens is 257 g/mol. The number of nitrogens with one attached hydrogen (secondary N) is 1. The van der Waals surface area contributed by atoms with Crippen LogP contribution in [-0.4, -0.2) is 23.1 Å². The Morgan fingerprint density at radius 2 is 2.05 bits per heavy atom.